The van der Waals surface area contributed by atoms with Gasteiger partial charge in [-0.05, 0) is 43.8 Å². The Kier molecular flexibility index (Phi) is 8.70. The second kappa shape index (κ2) is 11.2. The fourth-order valence-electron chi connectivity index (χ4n) is 2.71. The van der Waals surface area contributed by atoms with E-state index in [1.54, 1.807) is 20.0 Å². The summed E-state index contributed by atoms with van der Waals surface area (Å²) in [6.07, 6.45) is 4.80. The van der Waals surface area contributed by atoms with Crippen molar-refractivity contribution < 1.29 is 37.0 Å². The van der Waals surface area contributed by atoms with Crippen molar-refractivity contribution in [3.05, 3.63) is 77.9 Å². The average Bonchev–Trinajstić information content (AvgIpc) is 3.10. The van der Waals surface area contributed by atoms with Crippen LogP contribution in [0.15, 0.2) is 60.0 Å². The highest BCUT2D eigenvalue weighted by Gasteiger charge is 2.29. The normalized spacial score (nSPS) is 11.2. The SMILES string of the molecule is CNCc1cn(S(=O)(=O)c2cc(C)ccn2)c(-c2cccnc2F)c1F.O=C(O)C=CC(=O)O. The van der Waals surface area contributed by atoms with Gasteiger partial charge in [0.15, 0.2) is 10.8 Å². The zero-order valence-electron chi connectivity index (χ0n) is 17.9. The molecule has 0 atom stereocenters. The number of halogens is 2. The van der Waals surface area contributed by atoms with Gasteiger partial charge in [-0.1, -0.05) is 0 Å². The maximum Gasteiger partial charge on any atom is 0.328 e. The van der Waals surface area contributed by atoms with Crippen LogP contribution in [0, 0.1) is 18.7 Å². The molecule has 0 aliphatic rings. The maximum atomic E-state index is 14.9. The summed E-state index contributed by atoms with van der Waals surface area (Å²) in [5.41, 5.74) is 0.102. The largest absolute Gasteiger partial charge is 0.478 e. The van der Waals surface area contributed by atoms with E-state index in [0.29, 0.717) is 17.7 Å². The Labute approximate surface area is 193 Å². The third-order valence-electron chi connectivity index (χ3n) is 4.15. The molecule has 0 aliphatic heterocycles. The van der Waals surface area contributed by atoms with Gasteiger partial charge in [0.1, 0.15) is 5.69 Å². The summed E-state index contributed by atoms with van der Waals surface area (Å²) < 4.78 is 55.9. The molecule has 0 aromatic carbocycles. The zero-order valence-corrected chi connectivity index (χ0v) is 18.8. The lowest BCUT2D eigenvalue weighted by Gasteiger charge is -2.10. The lowest BCUT2D eigenvalue weighted by molar-refractivity contribution is -0.134. The highest BCUT2D eigenvalue weighted by Crippen LogP contribution is 2.31. The third-order valence-corrected chi connectivity index (χ3v) is 5.70. The molecule has 0 aliphatic carbocycles. The summed E-state index contributed by atoms with van der Waals surface area (Å²) in [4.78, 5) is 26.5. The van der Waals surface area contributed by atoms with Crippen LogP contribution in [0.25, 0.3) is 11.3 Å². The lowest BCUT2D eigenvalue weighted by Crippen LogP contribution is -2.15. The van der Waals surface area contributed by atoms with Crippen molar-refractivity contribution in [3.8, 4) is 11.3 Å². The van der Waals surface area contributed by atoms with Crippen LogP contribution in [0.2, 0.25) is 0 Å². The fourth-order valence-corrected chi connectivity index (χ4v) is 4.12. The summed E-state index contributed by atoms with van der Waals surface area (Å²) in [5, 5.41) is 18.1. The molecule has 0 radical (unpaired) electrons. The van der Waals surface area contributed by atoms with Crippen LogP contribution >= 0.6 is 0 Å². The molecule has 3 rings (SSSR count). The number of carboxylic acids is 2. The number of hydrogen-bond acceptors (Lipinski definition) is 7. The van der Waals surface area contributed by atoms with E-state index in [-0.39, 0.29) is 22.7 Å². The van der Waals surface area contributed by atoms with Gasteiger partial charge < -0.3 is 15.5 Å². The number of carboxylic acid groups (broad SMARTS) is 2. The molecular formula is C21H20F2N4O6S. The van der Waals surface area contributed by atoms with E-state index in [9.17, 15) is 26.8 Å². The van der Waals surface area contributed by atoms with Crippen LogP contribution in [0.3, 0.4) is 0 Å². The van der Waals surface area contributed by atoms with Gasteiger partial charge in [-0.25, -0.2) is 27.9 Å². The van der Waals surface area contributed by atoms with Gasteiger partial charge in [-0.15, -0.1) is 0 Å². The van der Waals surface area contributed by atoms with Crippen molar-refractivity contribution in [1.29, 1.82) is 0 Å². The summed E-state index contributed by atoms with van der Waals surface area (Å²) in [7, 11) is -2.64. The van der Waals surface area contributed by atoms with Crippen molar-refractivity contribution >= 4 is 22.0 Å². The topological polar surface area (TPSA) is 151 Å². The van der Waals surface area contributed by atoms with E-state index >= 15 is 0 Å². The Morgan fingerprint density at radius 3 is 2.29 bits per heavy atom. The van der Waals surface area contributed by atoms with Gasteiger partial charge in [0.05, 0.1) is 5.56 Å². The summed E-state index contributed by atoms with van der Waals surface area (Å²) in [6.45, 7) is 1.79. The predicted octanol–water partition coefficient (Wildman–Crippen LogP) is 2.20. The number of rotatable bonds is 7. The summed E-state index contributed by atoms with van der Waals surface area (Å²) >= 11 is 0. The molecule has 0 bridgehead atoms. The molecule has 3 N–H and O–H groups in total. The number of nitrogens with zero attached hydrogens (tertiary/aromatic N) is 3. The number of aromatic nitrogens is 3. The van der Waals surface area contributed by atoms with Gasteiger partial charge in [-0.3, -0.25) is 0 Å². The first kappa shape index (κ1) is 26.3. The summed E-state index contributed by atoms with van der Waals surface area (Å²) in [6, 6.07) is 5.70. The van der Waals surface area contributed by atoms with E-state index in [1.807, 2.05) is 0 Å². The van der Waals surface area contributed by atoms with Crippen molar-refractivity contribution in [1.82, 2.24) is 19.3 Å². The highest BCUT2D eigenvalue weighted by atomic mass is 32.2. The van der Waals surface area contributed by atoms with Crippen LogP contribution in [0.5, 0.6) is 0 Å². The van der Waals surface area contributed by atoms with E-state index < -0.39 is 39.4 Å². The summed E-state index contributed by atoms with van der Waals surface area (Å²) in [5.74, 6) is -4.31. The van der Waals surface area contributed by atoms with Crippen LogP contribution in [-0.4, -0.2) is 51.6 Å². The standard InChI is InChI=1S/C17H16F2N4O2S.C4H4O4/c1-11-5-7-21-14(8-11)26(24,25)23-10-12(9-20-2)15(18)16(23)13-4-3-6-22-17(13)19;5-3(6)1-2-4(7)8/h3-8,10,20H,9H2,1-2H3;1-2H,(H,5,6)(H,7,8). The molecule has 0 fully saturated rings. The minimum absolute atomic E-state index is 0.0739. The van der Waals surface area contributed by atoms with Gasteiger partial charge in [0.2, 0.25) is 5.95 Å². The molecule has 0 saturated heterocycles. The zero-order chi connectivity index (χ0) is 25.5. The molecule has 34 heavy (non-hydrogen) atoms. The van der Waals surface area contributed by atoms with E-state index in [0.717, 1.165) is 10.2 Å². The highest BCUT2D eigenvalue weighted by molar-refractivity contribution is 7.90. The molecule has 0 spiro atoms. The Balaban J connectivity index is 0.000000440. The first-order valence-corrected chi connectivity index (χ1v) is 10.9. The molecular weight excluding hydrogens is 474 g/mol. The minimum Gasteiger partial charge on any atom is -0.478 e. The number of hydrogen-bond donors (Lipinski definition) is 3. The number of carbonyl (C=O) groups is 2. The fraction of sp³-hybridized carbons (Fsp3) is 0.143. The number of aliphatic carboxylic acids is 2. The molecule has 10 nitrogen and oxygen atoms in total. The Morgan fingerprint density at radius 1 is 1.12 bits per heavy atom. The molecule has 3 aromatic rings. The molecule has 0 unspecified atom stereocenters. The number of nitrogens with one attached hydrogen (secondary N) is 1. The third kappa shape index (κ3) is 6.30. The van der Waals surface area contributed by atoms with Crippen molar-refractivity contribution in [2.45, 2.75) is 18.5 Å². The number of pyridine rings is 2. The molecule has 0 saturated carbocycles. The monoisotopic (exact) mass is 494 g/mol. The Bertz CT molecular complexity index is 1320. The van der Waals surface area contributed by atoms with Crippen molar-refractivity contribution in [2.75, 3.05) is 7.05 Å². The lowest BCUT2D eigenvalue weighted by atomic mass is 10.2. The quantitative estimate of drug-likeness (QED) is 0.332. The first-order valence-electron chi connectivity index (χ1n) is 9.46. The molecule has 180 valence electrons. The Hall–Kier alpha value is -3.97. The Morgan fingerprint density at radius 2 is 1.76 bits per heavy atom. The van der Waals surface area contributed by atoms with Crippen LogP contribution in [-0.2, 0) is 26.2 Å². The minimum atomic E-state index is -4.23. The molecule has 3 aromatic heterocycles. The van der Waals surface area contributed by atoms with Gasteiger partial charge >= 0.3 is 11.9 Å². The van der Waals surface area contributed by atoms with Crippen molar-refractivity contribution in [2.24, 2.45) is 0 Å². The van der Waals surface area contributed by atoms with Crippen LogP contribution < -0.4 is 5.32 Å². The maximum absolute atomic E-state index is 14.9. The predicted molar refractivity (Wildman–Crippen MR) is 116 cm³/mol. The van der Waals surface area contributed by atoms with Gasteiger partial charge in [-0.2, -0.15) is 12.8 Å². The van der Waals surface area contributed by atoms with E-state index in [4.69, 9.17) is 10.2 Å². The smallest absolute Gasteiger partial charge is 0.328 e. The van der Waals surface area contributed by atoms with Crippen LogP contribution in [0.1, 0.15) is 11.1 Å². The number of aryl methyl sites for hydroxylation is 1. The van der Waals surface area contributed by atoms with Gasteiger partial charge in [0.25, 0.3) is 10.0 Å². The molecule has 3 heterocycles. The second-order valence-electron chi connectivity index (χ2n) is 6.67. The first-order chi connectivity index (χ1) is 16.0. The second-order valence-corrected chi connectivity index (χ2v) is 8.43. The van der Waals surface area contributed by atoms with Crippen LogP contribution in [0.4, 0.5) is 8.78 Å². The van der Waals surface area contributed by atoms with Gasteiger partial charge in [0, 0.05) is 42.9 Å². The van der Waals surface area contributed by atoms with E-state index in [1.165, 1.54) is 30.6 Å². The average molecular weight is 494 g/mol. The molecule has 0 amide bonds. The van der Waals surface area contributed by atoms with Crippen molar-refractivity contribution in [3.63, 3.8) is 0 Å². The van der Waals surface area contributed by atoms with E-state index in [2.05, 4.69) is 15.3 Å². The molecule has 13 heteroatoms.